The summed E-state index contributed by atoms with van der Waals surface area (Å²) < 4.78 is 12.0. The number of carbonyl (C=O) groups excluding carboxylic acids is 2. The Labute approximate surface area is 315 Å². The van der Waals surface area contributed by atoms with Gasteiger partial charge < -0.3 is 19.7 Å². The fraction of sp³-hybridized carbons (Fsp3) is 0.689. The first-order chi connectivity index (χ1) is 24.0. The molecule has 1 unspecified atom stereocenters. The third-order valence-electron chi connectivity index (χ3n) is 10.9. The topological polar surface area (TPSA) is 96.3 Å². The molecule has 7 heteroatoms. The molecule has 1 aliphatic rings. The van der Waals surface area contributed by atoms with Gasteiger partial charge in [0.2, 0.25) is 0 Å². The summed E-state index contributed by atoms with van der Waals surface area (Å²) >= 11 is 0. The zero-order valence-electron chi connectivity index (χ0n) is 34.9. The van der Waals surface area contributed by atoms with Gasteiger partial charge in [-0.1, -0.05) is 92.5 Å². The summed E-state index contributed by atoms with van der Waals surface area (Å²) in [4.78, 5) is 29.0. The first-order valence-corrected chi connectivity index (χ1v) is 19.9. The van der Waals surface area contributed by atoms with Crippen LogP contribution in [0.15, 0.2) is 24.3 Å². The molecule has 0 saturated carbocycles. The lowest BCUT2D eigenvalue weighted by Gasteiger charge is -2.54. The van der Waals surface area contributed by atoms with E-state index in [9.17, 15) is 19.8 Å². The van der Waals surface area contributed by atoms with Crippen LogP contribution in [0.1, 0.15) is 174 Å². The molecule has 0 aliphatic carbocycles. The van der Waals surface area contributed by atoms with Crippen LogP contribution < -0.4 is 0 Å². The van der Waals surface area contributed by atoms with Gasteiger partial charge in [-0.25, -0.2) is 0 Å². The van der Waals surface area contributed by atoms with Crippen LogP contribution in [-0.2, 0) is 49.2 Å². The number of nitrogens with zero attached hydrogens (tertiary/aromatic N) is 1. The minimum Gasteiger partial charge on any atom is -0.507 e. The molecule has 0 spiro atoms. The second-order valence-corrected chi connectivity index (χ2v) is 18.6. The first kappa shape index (κ1) is 43.3. The molecule has 0 radical (unpaired) electrons. The highest BCUT2D eigenvalue weighted by atomic mass is 16.5. The molecular formula is C45H71NO6. The highest BCUT2D eigenvalue weighted by Crippen LogP contribution is 2.42. The maximum absolute atomic E-state index is 13.6. The van der Waals surface area contributed by atoms with E-state index in [0.29, 0.717) is 37.3 Å². The number of ether oxygens (including phenoxy) is 2. The van der Waals surface area contributed by atoms with Crippen molar-refractivity contribution in [3.05, 3.63) is 57.6 Å². The van der Waals surface area contributed by atoms with Crippen molar-refractivity contribution in [2.75, 3.05) is 13.2 Å². The van der Waals surface area contributed by atoms with Crippen molar-refractivity contribution in [1.29, 1.82) is 0 Å². The third-order valence-corrected chi connectivity index (χ3v) is 10.9. The average molecular weight is 722 g/mol. The summed E-state index contributed by atoms with van der Waals surface area (Å²) in [6.07, 6.45) is 7.56. The number of aryl methyl sites for hydroxylation is 3. The van der Waals surface area contributed by atoms with Crippen LogP contribution in [0.3, 0.4) is 0 Å². The molecule has 292 valence electrons. The number of unbranched alkanes of at least 4 members (excludes halogenated alkanes) is 2. The first-order valence-electron chi connectivity index (χ1n) is 19.9. The van der Waals surface area contributed by atoms with Crippen molar-refractivity contribution in [1.82, 2.24) is 4.90 Å². The molecule has 7 nitrogen and oxygen atoms in total. The van der Waals surface area contributed by atoms with Crippen molar-refractivity contribution < 1.29 is 29.3 Å². The Hall–Kier alpha value is -3.06. The lowest BCUT2D eigenvalue weighted by molar-refractivity contribution is -0.164. The van der Waals surface area contributed by atoms with Crippen molar-refractivity contribution in [3.8, 4) is 11.5 Å². The van der Waals surface area contributed by atoms with Crippen LogP contribution in [0, 0.1) is 0 Å². The highest BCUT2D eigenvalue weighted by Gasteiger charge is 2.46. The van der Waals surface area contributed by atoms with Gasteiger partial charge in [0, 0.05) is 36.9 Å². The van der Waals surface area contributed by atoms with Crippen molar-refractivity contribution in [2.24, 2.45) is 0 Å². The van der Waals surface area contributed by atoms with Gasteiger partial charge in [0.25, 0.3) is 0 Å². The van der Waals surface area contributed by atoms with Crippen LogP contribution >= 0.6 is 0 Å². The van der Waals surface area contributed by atoms with E-state index in [-0.39, 0.29) is 53.0 Å². The minimum atomic E-state index is -0.438. The molecule has 3 rings (SSSR count). The summed E-state index contributed by atoms with van der Waals surface area (Å²) in [6.45, 7) is 28.3. The summed E-state index contributed by atoms with van der Waals surface area (Å²) in [5.41, 5.74) is 4.52. The summed E-state index contributed by atoms with van der Waals surface area (Å²) in [6, 6.07) is 8.06. The quantitative estimate of drug-likeness (QED) is 0.177. The van der Waals surface area contributed by atoms with E-state index < -0.39 is 5.92 Å². The van der Waals surface area contributed by atoms with Crippen LogP contribution in [0.4, 0.5) is 0 Å². The van der Waals surface area contributed by atoms with E-state index in [1.165, 1.54) is 0 Å². The number of hydrogen-bond donors (Lipinski definition) is 2. The standard InChI is InChI=1S/C45H71NO6/c1-14-16-18-32-26-34(27-33(39(32)48)19-17-15-2)30(3)41(50)52-35-28-44(10,11)46(45(12,13)29-35)22-23-51-38(47)21-20-31-24-36(42(4,5)6)40(49)37(25-31)43(7,8)9/h24-27,30,35,48-49H,14-23,28-29H2,1-13H3. The molecule has 0 aromatic heterocycles. The molecule has 2 aromatic rings. The van der Waals surface area contributed by atoms with Crippen LogP contribution in [-0.4, -0.2) is 57.4 Å². The lowest BCUT2D eigenvalue weighted by Crippen LogP contribution is -2.63. The number of phenolic OH excluding ortho intramolecular Hbond substituents is 2. The number of hydrogen-bond acceptors (Lipinski definition) is 7. The molecule has 0 amide bonds. The van der Waals surface area contributed by atoms with Gasteiger partial charge in [-0.2, -0.15) is 0 Å². The second-order valence-electron chi connectivity index (χ2n) is 18.6. The van der Waals surface area contributed by atoms with Gasteiger partial charge >= 0.3 is 11.9 Å². The van der Waals surface area contributed by atoms with Gasteiger partial charge in [-0.15, -0.1) is 0 Å². The zero-order chi connectivity index (χ0) is 39.2. The predicted molar refractivity (Wildman–Crippen MR) is 213 cm³/mol. The van der Waals surface area contributed by atoms with Gasteiger partial charge in [-0.3, -0.25) is 14.5 Å². The number of carbonyl (C=O) groups is 2. The van der Waals surface area contributed by atoms with E-state index in [2.05, 4.69) is 88.0 Å². The van der Waals surface area contributed by atoms with E-state index >= 15 is 0 Å². The Bertz CT molecular complexity index is 1440. The minimum absolute atomic E-state index is 0.229. The number of esters is 2. The molecule has 1 saturated heterocycles. The average Bonchev–Trinajstić information content (AvgIpc) is 3.02. The second kappa shape index (κ2) is 17.4. The highest BCUT2D eigenvalue weighted by molar-refractivity contribution is 5.78. The number of aromatic hydroxyl groups is 2. The fourth-order valence-electron chi connectivity index (χ4n) is 8.02. The van der Waals surface area contributed by atoms with Gasteiger partial charge in [-0.05, 0) is 111 Å². The molecule has 1 fully saturated rings. The zero-order valence-corrected chi connectivity index (χ0v) is 34.9. The molecule has 1 aliphatic heterocycles. The van der Waals surface area contributed by atoms with E-state index in [0.717, 1.165) is 71.9 Å². The van der Waals surface area contributed by atoms with Crippen molar-refractivity contribution in [2.45, 2.75) is 188 Å². The molecule has 0 bridgehead atoms. The molecule has 52 heavy (non-hydrogen) atoms. The molecular weight excluding hydrogens is 650 g/mol. The maximum atomic E-state index is 13.6. The van der Waals surface area contributed by atoms with Crippen LogP contribution in [0.2, 0.25) is 0 Å². The van der Waals surface area contributed by atoms with E-state index in [1.807, 2.05) is 31.2 Å². The third kappa shape index (κ3) is 11.2. The SMILES string of the molecule is CCCCc1cc(C(C)C(=O)OC2CC(C)(C)N(CCOC(=O)CCc3cc(C(C)(C)C)c(O)c(C(C)(C)C)c3)C(C)(C)C2)cc(CCCC)c1O. The van der Waals surface area contributed by atoms with Gasteiger partial charge in [0.05, 0.1) is 5.92 Å². The largest absolute Gasteiger partial charge is 0.507 e. The Morgan fingerprint density at radius 2 is 1.29 bits per heavy atom. The smallest absolute Gasteiger partial charge is 0.313 e. The molecule has 2 aromatic carbocycles. The Balaban J connectivity index is 1.62. The summed E-state index contributed by atoms with van der Waals surface area (Å²) in [7, 11) is 0. The molecule has 2 N–H and O–H groups in total. The summed E-state index contributed by atoms with van der Waals surface area (Å²) in [5.74, 6) is -0.178. The van der Waals surface area contributed by atoms with Crippen LogP contribution in [0.5, 0.6) is 11.5 Å². The normalized spacial score (nSPS) is 17.2. The Morgan fingerprint density at radius 3 is 1.73 bits per heavy atom. The number of phenols is 2. The van der Waals surface area contributed by atoms with Gasteiger partial charge in [0.1, 0.15) is 24.2 Å². The fourth-order valence-corrected chi connectivity index (χ4v) is 8.02. The Kier molecular flexibility index (Phi) is 14.5. The Morgan fingerprint density at radius 1 is 0.808 bits per heavy atom. The number of benzene rings is 2. The maximum Gasteiger partial charge on any atom is 0.313 e. The predicted octanol–water partition coefficient (Wildman–Crippen LogP) is 10.2. The number of likely N-dealkylation sites (tertiary alicyclic amines) is 1. The molecule has 1 heterocycles. The van der Waals surface area contributed by atoms with Crippen molar-refractivity contribution in [3.63, 3.8) is 0 Å². The van der Waals surface area contributed by atoms with E-state index in [4.69, 9.17) is 9.47 Å². The monoisotopic (exact) mass is 722 g/mol. The van der Waals surface area contributed by atoms with Gasteiger partial charge in [0.15, 0.2) is 0 Å². The van der Waals surface area contributed by atoms with E-state index in [1.54, 1.807) is 0 Å². The number of rotatable bonds is 15. The lowest BCUT2D eigenvalue weighted by atomic mass is 9.78. The number of piperidine rings is 1. The summed E-state index contributed by atoms with van der Waals surface area (Å²) in [5, 5.41) is 22.0. The molecule has 1 atom stereocenters. The van der Waals surface area contributed by atoms with Crippen LogP contribution in [0.25, 0.3) is 0 Å². The van der Waals surface area contributed by atoms with Crippen molar-refractivity contribution >= 4 is 11.9 Å².